The second-order valence-electron chi connectivity index (χ2n) is 4.12. The van der Waals surface area contributed by atoms with Crippen molar-refractivity contribution in [2.24, 2.45) is 12.8 Å². The van der Waals surface area contributed by atoms with Gasteiger partial charge in [-0.15, -0.1) is 0 Å². The first-order valence-electron chi connectivity index (χ1n) is 6.01. The van der Waals surface area contributed by atoms with E-state index in [0.29, 0.717) is 13.0 Å². The van der Waals surface area contributed by atoms with Crippen molar-refractivity contribution in [3.63, 3.8) is 0 Å². The van der Waals surface area contributed by atoms with Gasteiger partial charge in [-0.3, -0.25) is 0 Å². The summed E-state index contributed by atoms with van der Waals surface area (Å²) in [6.07, 6.45) is 0.662. The topological polar surface area (TPSA) is 75.2 Å². The first-order chi connectivity index (χ1) is 9.17. The molecule has 0 aliphatic rings. The quantitative estimate of drug-likeness (QED) is 0.870. The minimum Gasteiger partial charge on any atom is -0.497 e. The highest BCUT2D eigenvalue weighted by Gasteiger charge is 2.11. The lowest BCUT2D eigenvalue weighted by Gasteiger charge is -2.07. The van der Waals surface area contributed by atoms with Crippen molar-refractivity contribution < 1.29 is 9.47 Å². The van der Waals surface area contributed by atoms with Gasteiger partial charge in [0, 0.05) is 25.1 Å². The summed E-state index contributed by atoms with van der Waals surface area (Å²) in [5.74, 6) is 2.94. The predicted octanol–water partition coefficient (Wildman–Crippen LogP) is 1.00. The third-order valence-electron chi connectivity index (χ3n) is 2.78. The average Bonchev–Trinajstić information content (AvgIpc) is 2.79. The van der Waals surface area contributed by atoms with E-state index in [-0.39, 0.29) is 0 Å². The zero-order valence-corrected chi connectivity index (χ0v) is 11.4. The van der Waals surface area contributed by atoms with E-state index in [1.54, 1.807) is 18.9 Å². The molecular formula is C13H18N4O2. The van der Waals surface area contributed by atoms with Gasteiger partial charge in [-0.25, -0.2) is 9.67 Å². The molecule has 6 heteroatoms. The van der Waals surface area contributed by atoms with Gasteiger partial charge in [-0.2, -0.15) is 5.10 Å². The van der Waals surface area contributed by atoms with Gasteiger partial charge in [0.05, 0.1) is 14.2 Å². The molecule has 0 saturated heterocycles. The molecule has 0 saturated carbocycles. The van der Waals surface area contributed by atoms with E-state index >= 15 is 0 Å². The van der Waals surface area contributed by atoms with Crippen LogP contribution in [0.15, 0.2) is 18.2 Å². The molecule has 102 valence electrons. The number of rotatable bonds is 5. The zero-order valence-electron chi connectivity index (χ0n) is 11.4. The molecule has 0 unspecified atom stereocenters. The van der Waals surface area contributed by atoms with E-state index in [1.807, 2.05) is 25.2 Å². The lowest BCUT2D eigenvalue weighted by Crippen LogP contribution is -2.04. The number of aryl methyl sites for hydroxylation is 1. The van der Waals surface area contributed by atoms with Gasteiger partial charge in [0.25, 0.3) is 0 Å². The third kappa shape index (κ3) is 2.85. The first kappa shape index (κ1) is 13.4. The number of nitrogens with two attached hydrogens (primary N) is 1. The van der Waals surface area contributed by atoms with Gasteiger partial charge in [-0.1, -0.05) is 0 Å². The molecule has 1 aromatic heterocycles. The van der Waals surface area contributed by atoms with Crippen molar-refractivity contribution in [1.82, 2.24) is 14.8 Å². The molecule has 19 heavy (non-hydrogen) atoms. The Labute approximate surface area is 112 Å². The molecule has 6 nitrogen and oxygen atoms in total. The zero-order chi connectivity index (χ0) is 13.8. The lowest BCUT2D eigenvalue weighted by molar-refractivity contribution is 0.394. The molecule has 1 heterocycles. The Morgan fingerprint density at radius 1 is 1.16 bits per heavy atom. The Morgan fingerprint density at radius 2 is 1.79 bits per heavy atom. The van der Waals surface area contributed by atoms with Gasteiger partial charge >= 0.3 is 0 Å². The summed E-state index contributed by atoms with van der Waals surface area (Å²) in [7, 11) is 5.10. The molecule has 2 rings (SSSR count). The Kier molecular flexibility index (Phi) is 4.01. The Hall–Kier alpha value is -2.08. The van der Waals surface area contributed by atoms with E-state index in [9.17, 15) is 0 Å². The number of hydrogen-bond acceptors (Lipinski definition) is 5. The average molecular weight is 262 g/mol. The van der Waals surface area contributed by atoms with Crippen LogP contribution >= 0.6 is 0 Å². The molecule has 0 amide bonds. The number of hydrogen-bond donors (Lipinski definition) is 1. The summed E-state index contributed by atoms with van der Waals surface area (Å²) >= 11 is 0. The minimum atomic E-state index is 0.533. The number of benzene rings is 1. The van der Waals surface area contributed by atoms with E-state index in [1.165, 1.54) is 0 Å². The van der Waals surface area contributed by atoms with Crippen LogP contribution in [0.3, 0.4) is 0 Å². The molecule has 0 atom stereocenters. The highest BCUT2D eigenvalue weighted by Crippen LogP contribution is 2.28. The molecule has 0 aliphatic carbocycles. The maximum Gasteiger partial charge on any atom is 0.158 e. The lowest BCUT2D eigenvalue weighted by atomic mass is 10.2. The van der Waals surface area contributed by atoms with Crippen LogP contribution in [0.1, 0.15) is 5.82 Å². The van der Waals surface area contributed by atoms with Gasteiger partial charge in [0.15, 0.2) is 11.6 Å². The number of ether oxygens (including phenoxy) is 2. The van der Waals surface area contributed by atoms with E-state index in [4.69, 9.17) is 15.2 Å². The van der Waals surface area contributed by atoms with Crippen LogP contribution in [0.2, 0.25) is 0 Å². The molecule has 0 bridgehead atoms. The fourth-order valence-corrected chi connectivity index (χ4v) is 1.86. The first-order valence-corrected chi connectivity index (χ1v) is 6.01. The van der Waals surface area contributed by atoms with Crippen molar-refractivity contribution in [2.75, 3.05) is 20.8 Å². The molecular weight excluding hydrogens is 244 g/mol. The van der Waals surface area contributed by atoms with Crippen molar-refractivity contribution in [2.45, 2.75) is 6.42 Å². The molecule has 0 radical (unpaired) electrons. The van der Waals surface area contributed by atoms with E-state index in [2.05, 4.69) is 10.1 Å². The van der Waals surface area contributed by atoms with Crippen molar-refractivity contribution >= 4 is 0 Å². The SMILES string of the molecule is COc1cc(OC)cc(-c2nc(CCN)nn2C)c1. The standard InChI is InChI=1S/C13H18N4O2/c1-17-13(15-12(16-17)4-5-14)9-6-10(18-2)8-11(7-9)19-3/h6-8H,4-5,14H2,1-3H3. The summed E-state index contributed by atoms with van der Waals surface area (Å²) in [6.45, 7) is 0.533. The molecule has 0 aliphatic heterocycles. The number of methoxy groups -OCH3 is 2. The summed E-state index contributed by atoms with van der Waals surface area (Å²) in [4.78, 5) is 4.48. The Balaban J connectivity index is 2.45. The molecule has 2 aromatic rings. The van der Waals surface area contributed by atoms with Crippen LogP contribution < -0.4 is 15.2 Å². The normalized spacial score (nSPS) is 10.5. The molecule has 1 aromatic carbocycles. The maximum absolute atomic E-state index is 5.52. The Morgan fingerprint density at radius 3 is 2.32 bits per heavy atom. The van der Waals surface area contributed by atoms with Crippen molar-refractivity contribution in [1.29, 1.82) is 0 Å². The van der Waals surface area contributed by atoms with Gasteiger partial charge in [0.1, 0.15) is 11.5 Å². The van der Waals surface area contributed by atoms with Crippen LogP contribution in [0.4, 0.5) is 0 Å². The van der Waals surface area contributed by atoms with Crippen molar-refractivity contribution in [3.8, 4) is 22.9 Å². The smallest absolute Gasteiger partial charge is 0.158 e. The molecule has 0 fully saturated rings. The fourth-order valence-electron chi connectivity index (χ4n) is 1.86. The van der Waals surface area contributed by atoms with Crippen LogP contribution in [-0.4, -0.2) is 35.5 Å². The summed E-state index contributed by atoms with van der Waals surface area (Å²) in [6, 6.07) is 5.62. The van der Waals surface area contributed by atoms with Crippen molar-refractivity contribution in [3.05, 3.63) is 24.0 Å². The molecule has 0 spiro atoms. The number of aromatic nitrogens is 3. The van der Waals surface area contributed by atoms with Gasteiger partial charge < -0.3 is 15.2 Å². The van der Waals surface area contributed by atoms with E-state index in [0.717, 1.165) is 28.7 Å². The minimum absolute atomic E-state index is 0.533. The van der Waals surface area contributed by atoms with Crippen LogP contribution in [-0.2, 0) is 13.5 Å². The third-order valence-corrected chi connectivity index (χ3v) is 2.78. The number of nitrogens with zero attached hydrogens (tertiary/aromatic N) is 3. The van der Waals surface area contributed by atoms with Gasteiger partial charge in [-0.05, 0) is 18.7 Å². The highest BCUT2D eigenvalue weighted by molar-refractivity contribution is 5.61. The second-order valence-corrected chi connectivity index (χ2v) is 4.12. The Bertz CT molecular complexity index is 544. The summed E-state index contributed by atoms with van der Waals surface area (Å²) < 4.78 is 12.2. The van der Waals surface area contributed by atoms with Crippen LogP contribution in [0.25, 0.3) is 11.4 Å². The highest BCUT2D eigenvalue weighted by atomic mass is 16.5. The van der Waals surface area contributed by atoms with E-state index < -0.39 is 0 Å². The summed E-state index contributed by atoms with van der Waals surface area (Å²) in [5.41, 5.74) is 6.42. The summed E-state index contributed by atoms with van der Waals surface area (Å²) in [5, 5.41) is 4.33. The largest absolute Gasteiger partial charge is 0.497 e. The maximum atomic E-state index is 5.52. The van der Waals surface area contributed by atoms with Gasteiger partial charge in [0.2, 0.25) is 0 Å². The fraction of sp³-hybridized carbons (Fsp3) is 0.385. The second kappa shape index (κ2) is 5.71. The van der Waals surface area contributed by atoms with Crippen LogP contribution in [0, 0.1) is 0 Å². The van der Waals surface area contributed by atoms with Crippen LogP contribution in [0.5, 0.6) is 11.5 Å². The monoisotopic (exact) mass is 262 g/mol. The predicted molar refractivity (Wildman–Crippen MR) is 72.3 cm³/mol. The molecule has 2 N–H and O–H groups in total.